The summed E-state index contributed by atoms with van der Waals surface area (Å²) in [6.07, 6.45) is 0.270. The van der Waals surface area contributed by atoms with Crippen LogP contribution in [0, 0.1) is 6.92 Å². The Kier molecular flexibility index (Phi) is 6.13. The van der Waals surface area contributed by atoms with Crippen LogP contribution in [0.2, 0.25) is 0 Å². The predicted octanol–water partition coefficient (Wildman–Crippen LogP) is 3.18. The largest absolute Gasteiger partial charge is 0.440 e. The summed E-state index contributed by atoms with van der Waals surface area (Å²) < 4.78 is 5.61. The minimum absolute atomic E-state index is 0.0548. The molecule has 1 aliphatic rings. The smallest absolute Gasteiger partial charge is 0.273 e. The number of carbonyl (C=O) groups is 2. The van der Waals surface area contributed by atoms with Gasteiger partial charge in [-0.15, -0.1) is 11.3 Å². The van der Waals surface area contributed by atoms with Crippen LogP contribution in [0.25, 0.3) is 10.8 Å². The molecule has 3 aromatic rings. The molecule has 1 fully saturated rings. The van der Waals surface area contributed by atoms with Crippen LogP contribution in [-0.2, 0) is 4.79 Å². The van der Waals surface area contributed by atoms with E-state index in [4.69, 9.17) is 4.42 Å². The molecule has 1 N–H and O–H groups in total. The number of aryl methyl sites for hydroxylation is 1. The first kappa shape index (κ1) is 20.2. The van der Waals surface area contributed by atoms with Crippen molar-refractivity contribution < 1.29 is 14.0 Å². The molecule has 4 rings (SSSR count). The van der Waals surface area contributed by atoms with E-state index in [1.807, 2.05) is 40.6 Å². The number of amides is 2. The quantitative estimate of drug-likeness (QED) is 0.658. The first-order chi connectivity index (χ1) is 14.6. The third-order valence-electron chi connectivity index (χ3n) is 5.12. The summed E-state index contributed by atoms with van der Waals surface area (Å²) in [4.78, 5) is 34.3. The molecule has 2 aromatic heterocycles. The highest BCUT2D eigenvalue weighted by molar-refractivity contribution is 7.13. The Morgan fingerprint density at radius 2 is 1.87 bits per heavy atom. The number of rotatable bonds is 6. The molecule has 1 aromatic carbocycles. The van der Waals surface area contributed by atoms with Crippen molar-refractivity contribution >= 4 is 28.8 Å². The van der Waals surface area contributed by atoms with E-state index in [9.17, 15) is 9.59 Å². The number of benzene rings is 1. The SMILES string of the molecule is Cc1oc(-c2cccs2)nc1C(=O)NCCC(=O)N1CCN(c2ccccc2)CC1. The molecule has 156 valence electrons. The predicted molar refractivity (Wildman–Crippen MR) is 117 cm³/mol. The molecular weight excluding hydrogens is 400 g/mol. The monoisotopic (exact) mass is 424 g/mol. The van der Waals surface area contributed by atoms with Gasteiger partial charge in [-0.1, -0.05) is 24.3 Å². The third kappa shape index (κ3) is 4.54. The highest BCUT2D eigenvalue weighted by Crippen LogP contribution is 2.25. The van der Waals surface area contributed by atoms with Crippen molar-refractivity contribution in [2.45, 2.75) is 13.3 Å². The lowest BCUT2D eigenvalue weighted by Crippen LogP contribution is -2.49. The molecule has 3 heterocycles. The van der Waals surface area contributed by atoms with E-state index in [0.717, 1.165) is 18.0 Å². The number of hydrogen-bond acceptors (Lipinski definition) is 6. The maximum atomic E-state index is 12.5. The van der Waals surface area contributed by atoms with E-state index in [1.165, 1.54) is 17.0 Å². The molecule has 8 heteroatoms. The number of piperazine rings is 1. The van der Waals surface area contributed by atoms with Gasteiger partial charge in [0.05, 0.1) is 4.88 Å². The molecule has 0 atom stereocenters. The van der Waals surface area contributed by atoms with Crippen LogP contribution >= 0.6 is 11.3 Å². The van der Waals surface area contributed by atoms with Gasteiger partial charge in [0.15, 0.2) is 5.69 Å². The number of thiophene rings is 1. The topological polar surface area (TPSA) is 78.7 Å². The minimum atomic E-state index is -0.319. The van der Waals surface area contributed by atoms with Crippen LogP contribution in [0.1, 0.15) is 22.7 Å². The fourth-order valence-corrected chi connectivity index (χ4v) is 4.14. The number of aromatic nitrogens is 1. The number of hydrogen-bond donors (Lipinski definition) is 1. The van der Waals surface area contributed by atoms with Gasteiger partial charge in [0.1, 0.15) is 5.76 Å². The van der Waals surface area contributed by atoms with Crippen LogP contribution in [0.3, 0.4) is 0 Å². The summed E-state index contributed by atoms with van der Waals surface area (Å²) in [5, 5.41) is 4.72. The van der Waals surface area contributed by atoms with Crippen LogP contribution in [0.15, 0.2) is 52.3 Å². The average Bonchev–Trinajstić information content (AvgIpc) is 3.44. The van der Waals surface area contributed by atoms with E-state index in [-0.39, 0.29) is 30.5 Å². The first-order valence-electron chi connectivity index (χ1n) is 9.99. The zero-order valence-electron chi connectivity index (χ0n) is 16.8. The molecule has 0 saturated carbocycles. The standard InChI is InChI=1S/C22H24N4O3S/c1-16-20(24-22(29-16)18-8-5-15-30-18)21(28)23-10-9-19(27)26-13-11-25(12-14-26)17-6-3-2-4-7-17/h2-8,15H,9-14H2,1H3,(H,23,28). The summed E-state index contributed by atoms with van der Waals surface area (Å²) in [5.41, 5.74) is 1.45. The number of oxazole rings is 1. The highest BCUT2D eigenvalue weighted by Gasteiger charge is 2.22. The zero-order chi connectivity index (χ0) is 20.9. The van der Waals surface area contributed by atoms with Crippen LogP contribution < -0.4 is 10.2 Å². The normalized spacial score (nSPS) is 14.0. The molecule has 30 heavy (non-hydrogen) atoms. The summed E-state index contributed by atoms with van der Waals surface area (Å²) in [7, 11) is 0. The van der Waals surface area contributed by atoms with Crippen molar-refractivity contribution in [2.75, 3.05) is 37.6 Å². The molecular formula is C22H24N4O3S. The Labute approximate surface area is 179 Å². The second-order valence-corrected chi connectivity index (χ2v) is 8.06. The van der Waals surface area contributed by atoms with Crippen molar-refractivity contribution in [3.63, 3.8) is 0 Å². The molecule has 0 bridgehead atoms. The summed E-state index contributed by atoms with van der Waals surface area (Å²) >= 11 is 1.50. The number of nitrogens with one attached hydrogen (secondary N) is 1. The highest BCUT2D eigenvalue weighted by atomic mass is 32.1. The molecule has 0 radical (unpaired) electrons. The number of anilines is 1. The van der Waals surface area contributed by atoms with Crippen molar-refractivity contribution in [3.05, 3.63) is 59.3 Å². The van der Waals surface area contributed by atoms with Gasteiger partial charge in [0.25, 0.3) is 5.91 Å². The van der Waals surface area contributed by atoms with E-state index in [0.29, 0.717) is 24.7 Å². The molecule has 1 aliphatic heterocycles. The van der Waals surface area contributed by atoms with Gasteiger partial charge in [-0.2, -0.15) is 0 Å². The van der Waals surface area contributed by atoms with E-state index in [1.54, 1.807) is 6.92 Å². The Morgan fingerprint density at radius 3 is 2.57 bits per heavy atom. The Morgan fingerprint density at radius 1 is 1.10 bits per heavy atom. The summed E-state index contributed by atoms with van der Waals surface area (Å²) in [6, 6.07) is 14.0. The molecule has 0 spiro atoms. The maximum absolute atomic E-state index is 12.5. The summed E-state index contributed by atoms with van der Waals surface area (Å²) in [6.45, 7) is 4.99. The van der Waals surface area contributed by atoms with Crippen molar-refractivity contribution in [1.29, 1.82) is 0 Å². The Hall–Kier alpha value is -3.13. The van der Waals surface area contributed by atoms with Gasteiger partial charge in [-0.05, 0) is 30.5 Å². The van der Waals surface area contributed by atoms with Gasteiger partial charge in [-0.3, -0.25) is 9.59 Å². The summed E-state index contributed by atoms with van der Waals surface area (Å²) in [5.74, 6) is 0.652. The van der Waals surface area contributed by atoms with Crippen molar-refractivity contribution in [1.82, 2.24) is 15.2 Å². The van der Waals surface area contributed by atoms with Crippen molar-refractivity contribution in [3.8, 4) is 10.8 Å². The van der Waals surface area contributed by atoms with Crippen molar-refractivity contribution in [2.24, 2.45) is 0 Å². The lowest BCUT2D eigenvalue weighted by Gasteiger charge is -2.36. The fraction of sp³-hybridized carbons (Fsp3) is 0.318. The fourth-order valence-electron chi connectivity index (χ4n) is 3.49. The molecule has 1 saturated heterocycles. The molecule has 2 amide bonds. The van der Waals surface area contributed by atoms with E-state index < -0.39 is 0 Å². The zero-order valence-corrected chi connectivity index (χ0v) is 17.7. The van der Waals surface area contributed by atoms with Gasteiger partial charge >= 0.3 is 0 Å². The van der Waals surface area contributed by atoms with Crippen LogP contribution in [0.4, 0.5) is 5.69 Å². The van der Waals surface area contributed by atoms with E-state index >= 15 is 0 Å². The second-order valence-electron chi connectivity index (χ2n) is 7.11. The van der Waals surface area contributed by atoms with Gasteiger partial charge < -0.3 is 19.5 Å². The van der Waals surface area contributed by atoms with Gasteiger partial charge in [0, 0.05) is 44.8 Å². The van der Waals surface area contributed by atoms with Gasteiger partial charge in [0.2, 0.25) is 11.8 Å². The molecule has 0 aliphatic carbocycles. The van der Waals surface area contributed by atoms with Crippen LogP contribution in [0.5, 0.6) is 0 Å². The number of carbonyl (C=O) groups excluding carboxylic acids is 2. The average molecular weight is 425 g/mol. The van der Waals surface area contributed by atoms with Gasteiger partial charge in [-0.25, -0.2) is 4.98 Å². The molecule has 0 unspecified atom stereocenters. The number of para-hydroxylation sites is 1. The lowest BCUT2D eigenvalue weighted by atomic mass is 10.2. The lowest BCUT2D eigenvalue weighted by molar-refractivity contribution is -0.131. The molecule has 7 nitrogen and oxygen atoms in total. The minimum Gasteiger partial charge on any atom is -0.440 e. The Bertz CT molecular complexity index is 993. The van der Waals surface area contributed by atoms with E-state index in [2.05, 4.69) is 27.3 Å². The second kappa shape index (κ2) is 9.13. The number of nitrogens with zero attached hydrogens (tertiary/aromatic N) is 3. The maximum Gasteiger partial charge on any atom is 0.273 e. The third-order valence-corrected chi connectivity index (χ3v) is 5.98. The Balaban J connectivity index is 1.24. The first-order valence-corrected chi connectivity index (χ1v) is 10.9. The van der Waals surface area contributed by atoms with Crippen LogP contribution in [-0.4, -0.2) is 54.4 Å².